The van der Waals surface area contributed by atoms with E-state index in [0.717, 1.165) is 17.8 Å². The van der Waals surface area contributed by atoms with E-state index in [2.05, 4.69) is 15.3 Å². The van der Waals surface area contributed by atoms with Gasteiger partial charge in [-0.2, -0.15) is 18.3 Å². The van der Waals surface area contributed by atoms with Crippen molar-refractivity contribution in [2.24, 2.45) is 0 Å². The normalized spacial score (nSPS) is 11.6. The van der Waals surface area contributed by atoms with Crippen LogP contribution in [-0.2, 0) is 6.18 Å². The van der Waals surface area contributed by atoms with Crippen LogP contribution >= 0.6 is 0 Å². The van der Waals surface area contributed by atoms with Gasteiger partial charge in [-0.25, -0.2) is 4.68 Å². The molecule has 6 nitrogen and oxygen atoms in total. The fourth-order valence-corrected chi connectivity index (χ4v) is 2.93. The van der Waals surface area contributed by atoms with Crippen molar-refractivity contribution in [3.63, 3.8) is 0 Å². The zero-order chi connectivity index (χ0) is 20.6. The Bertz CT molecular complexity index is 1230. The van der Waals surface area contributed by atoms with Crippen molar-refractivity contribution >= 4 is 0 Å². The Labute approximate surface area is 162 Å². The molecule has 0 amide bonds. The Balaban J connectivity index is 1.86. The van der Waals surface area contributed by atoms with Gasteiger partial charge in [0, 0.05) is 18.0 Å². The Hall–Kier alpha value is -3.75. The van der Waals surface area contributed by atoms with Gasteiger partial charge in [-0.3, -0.25) is 9.36 Å². The molecule has 0 aliphatic carbocycles. The van der Waals surface area contributed by atoms with Crippen molar-refractivity contribution < 1.29 is 13.2 Å². The molecule has 4 aromatic rings. The van der Waals surface area contributed by atoms with Crippen LogP contribution in [0.3, 0.4) is 0 Å². The summed E-state index contributed by atoms with van der Waals surface area (Å²) < 4.78 is 42.0. The largest absolute Gasteiger partial charge is 0.416 e. The molecule has 9 heteroatoms. The van der Waals surface area contributed by atoms with Gasteiger partial charge in [0.25, 0.3) is 0 Å². The van der Waals surface area contributed by atoms with Gasteiger partial charge in [0.15, 0.2) is 11.5 Å². The first kappa shape index (κ1) is 18.6. The van der Waals surface area contributed by atoms with Gasteiger partial charge >= 0.3 is 6.18 Å². The molecule has 146 valence electrons. The number of hydrogen-bond acceptors (Lipinski definition) is 4. The first-order valence-electron chi connectivity index (χ1n) is 8.60. The Kier molecular flexibility index (Phi) is 4.50. The fourth-order valence-electron chi connectivity index (χ4n) is 2.93. The zero-order valence-corrected chi connectivity index (χ0v) is 15.1. The molecule has 0 radical (unpaired) electrons. The molecule has 0 atom stereocenters. The number of aromatic nitrogens is 5. The van der Waals surface area contributed by atoms with Crippen LogP contribution in [-0.4, -0.2) is 24.5 Å². The predicted molar refractivity (Wildman–Crippen MR) is 99.9 cm³/mol. The number of halogens is 3. The molecular formula is C20H14F3N5O. The predicted octanol–water partition coefficient (Wildman–Crippen LogP) is 3.81. The molecule has 0 bridgehead atoms. The molecule has 4 rings (SSSR count). The van der Waals surface area contributed by atoms with Gasteiger partial charge in [0.05, 0.1) is 11.3 Å². The molecule has 2 aromatic carbocycles. The number of hydrogen-bond donors (Lipinski definition) is 0. The lowest BCUT2D eigenvalue weighted by Crippen LogP contribution is -2.16. The summed E-state index contributed by atoms with van der Waals surface area (Å²) in [5.74, 6) is 0.752. The average molecular weight is 397 g/mol. The van der Waals surface area contributed by atoms with Crippen molar-refractivity contribution in [3.8, 4) is 22.9 Å². The highest BCUT2D eigenvalue weighted by molar-refractivity contribution is 5.54. The molecule has 2 aromatic heterocycles. The van der Waals surface area contributed by atoms with Crippen LogP contribution in [0.5, 0.6) is 0 Å². The smallest absolute Gasteiger partial charge is 0.287 e. The molecule has 0 spiro atoms. The topological polar surface area (TPSA) is 65.6 Å². The third-order valence-electron chi connectivity index (χ3n) is 4.30. The van der Waals surface area contributed by atoms with Crippen molar-refractivity contribution in [3.05, 3.63) is 88.5 Å². The summed E-state index contributed by atoms with van der Waals surface area (Å²) >= 11 is 0. The SMILES string of the molecule is Cc1nnc(-c2nn(-c3cccc(C(F)(F)F)c3)ccc2=O)n1-c1ccccc1. The summed E-state index contributed by atoms with van der Waals surface area (Å²) in [5, 5.41) is 12.4. The maximum absolute atomic E-state index is 13.0. The molecule has 2 heterocycles. The number of nitrogens with zero attached hydrogens (tertiary/aromatic N) is 5. The Morgan fingerprint density at radius 3 is 2.34 bits per heavy atom. The van der Waals surface area contributed by atoms with Gasteiger partial charge in [-0.15, -0.1) is 10.2 Å². The highest BCUT2D eigenvalue weighted by Gasteiger charge is 2.30. The van der Waals surface area contributed by atoms with E-state index in [9.17, 15) is 18.0 Å². The van der Waals surface area contributed by atoms with Crippen LogP contribution in [0.15, 0.2) is 71.7 Å². The second kappa shape index (κ2) is 7.01. The van der Waals surface area contributed by atoms with Crippen LogP contribution in [0, 0.1) is 6.92 Å². The molecule has 0 aliphatic rings. The van der Waals surface area contributed by atoms with E-state index < -0.39 is 17.2 Å². The van der Waals surface area contributed by atoms with E-state index in [1.165, 1.54) is 29.1 Å². The molecule has 0 unspecified atom stereocenters. The van der Waals surface area contributed by atoms with E-state index in [-0.39, 0.29) is 17.2 Å². The summed E-state index contributed by atoms with van der Waals surface area (Å²) in [6.07, 6.45) is -3.17. The maximum atomic E-state index is 13.0. The summed E-state index contributed by atoms with van der Waals surface area (Å²) in [6, 6.07) is 15.1. The quantitative estimate of drug-likeness (QED) is 0.527. The van der Waals surface area contributed by atoms with Gasteiger partial charge in [-0.05, 0) is 37.3 Å². The van der Waals surface area contributed by atoms with Crippen molar-refractivity contribution in [1.29, 1.82) is 0 Å². The highest BCUT2D eigenvalue weighted by Crippen LogP contribution is 2.30. The summed E-state index contributed by atoms with van der Waals surface area (Å²) in [4.78, 5) is 12.5. The van der Waals surface area contributed by atoms with E-state index in [4.69, 9.17) is 0 Å². The Morgan fingerprint density at radius 2 is 1.62 bits per heavy atom. The second-order valence-electron chi connectivity index (χ2n) is 6.26. The minimum atomic E-state index is -4.48. The number of benzene rings is 2. The molecular weight excluding hydrogens is 383 g/mol. The van der Waals surface area contributed by atoms with Crippen LogP contribution in [0.2, 0.25) is 0 Å². The van der Waals surface area contributed by atoms with Crippen LogP contribution in [0.25, 0.3) is 22.9 Å². The van der Waals surface area contributed by atoms with Gasteiger partial charge in [0.1, 0.15) is 5.82 Å². The van der Waals surface area contributed by atoms with E-state index in [0.29, 0.717) is 5.82 Å². The van der Waals surface area contributed by atoms with E-state index >= 15 is 0 Å². The lowest BCUT2D eigenvalue weighted by atomic mass is 10.2. The molecule has 0 saturated heterocycles. The van der Waals surface area contributed by atoms with Gasteiger partial charge in [-0.1, -0.05) is 24.3 Å². The maximum Gasteiger partial charge on any atom is 0.416 e. The monoisotopic (exact) mass is 397 g/mol. The molecule has 0 saturated carbocycles. The molecule has 0 N–H and O–H groups in total. The first-order chi connectivity index (χ1) is 13.8. The van der Waals surface area contributed by atoms with Crippen LogP contribution in [0.4, 0.5) is 13.2 Å². The average Bonchev–Trinajstić information content (AvgIpc) is 3.09. The van der Waals surface area contributed by atoms with Crippen molar-refractivity contribution in [2.45, 2.75) is 13.1 Å². The number of para-hydroxylation sites is 1. The standard InChI is InChI=1S/C20H14F3N5O/c1-13-24-25-19(28(13)15-7-3-2-4-8-15)18-17(29)10-11-27(26-18)16-9-5-6-14(12-16)20(21,22)23/h2-12H,1H3. The minimum absolute atomic E-state index is 0.0191. The van der Waals surface area contributed by atoms with Crippen molar-refractivity contribution in [2.75, 3.05) is 0 Å². The Morgan fingerprint density at radius 1 is 0.897 bits per heavy atom. The zero-order valence-electron chi connectivity index (χ0n) is 15.1. The molecule has 29 heavy (non-hydrogen) atoms. The fraction of sp³-hybridized carbons (Fsp3) is 0.100. The lowest BCUT2D eigenvalue weighted by molar-refractivity contribution is -0.137. The first-order valence-corrected chi connectivity index (χ1v) is 8.60. The summed E-state index contributed by atoms with van der Waals surface area (Å²) in [5.41, 5.74) is -0.336. The van der Waals surface area contributed by atoms with Crippen LogP contribution < -0.4 is 5.43 Å². The van der Waals surface area contributed by atoms with Crippen LogP contribution in [0.1, 0.15) is 11.4 Å². The number of aryl methyl sites for hydroxylation is 1. The van der Waals surface area contributed by atoms with E-state index in [1.54, 1.807) is 11.5 Å². The minimum Gasteiger partial charge on any atom is -0.287 e. The second-order valence-corrected chi connectivity index (χ2v) is 6.26. The summed E-state index contributed by atoms with van der Waals surface area (Å²) in [6.45, 7) is 1.73. The van der Waals surface area contributed by atoms with Gasteiger partial charge < -0.3 is 0 Å². The van der Waals surface area contributed by atoms with Gasteiger partial charge in [0.2, 0.25) is 5.43 Å². The molecule has 0 aliphatic heterocycles. The highest BCUT2D eigenvalue weighted by atomic mass is 19.4. The van der Waals surface area contributed by atoms with E-state index in [1.807, 2.05) is 30.3 Å². The number of alkyl halides is 3. The third kappa shape index (κ3) is 3.54. The summed E-state index contributed by atoms with van der Waals surface area (Å²) in [7, 11) is 0. The molecule has 0 fully saturated rings. The lowest BCUT2D eigenvalue weighted by Gasteiger charge is -2.12. The number of rotatable bonds is 3. The third-order valence-corrected chi connectivity index (χ3v) is 4.30. The van der Waals surface area contributed by atoms with Crippen molar-refractivity contribution in [1.82, 2.24) is 24.5 Å².